The van der Waals surface area contributed by atoms with Crippen LogP contribution in [0, 0.1) is 10.8 Å². The van der Waals surface area contributed by atoms with Crippen molar-refractivity contribution in [3.05, 3.63) is 255 Å². The first-order valence-electron chi connectivity index (χ1n) is 37.9. The molecule has 18 rings (SSSR count). The molecule has 0 aliphatic carbocycles. The number of benzene rings is 3. The number of hydrogen-bond acceptors (Lipinski definition) is 18. The van der Waals surface area contributed by atoms with Crippen molar-refractivity contribution < 1.29 is 0 Å². The number of para-hydroxylation sites is 3. The van der Waals surface area contributed by atoms with E-state index >= 15 is 0 Å². The van der Waals surface area contributed by atoms with Gasteiger partial charge in [-0.1, -0.05) is 200 Å². The van der Waals surface area contributed by atoms with Crippen LogP contribution in [0.2, 0.25) is 0 Å². The number of thiazole rings is 5. The van der Waals surface area contributed by atoms with Crippen molar-refractivity contribution in [2.75, 3.05) is 0 Å². The van der Waals surface area contributed by atoms with Crippen molar-refractivity contribution in [2.24, 2.45) is 20.8 Å². The van der Waals surface area contributed by atoms with Crippen LogP contribution in [0.1, 0.15) is 235 Å². The molecule has 0 saturated carbocycles. The van der Waals surface area contributed by atoms with E-state index in [9.17, 15) is 0 Å². The fraction of sp³-hybridized carbons (Fsp3) is 0.352. The van der Waals surface area contributed by atoms with E-state index in [0.29, 0.717) is 41.4 Å². The van der Waals surface area contributed by atoms with Crippen LogP contribution in [-0.2, 0) is 12.8 Å². The Kier molecular flexibility index (Phi) is 30.4. The van der Waals surface area contributed by atoms with Gasteiger partial charge in [-0.3, -0.25) is 24.9 Å². The molecule has 0 unspecified atom stereocenters. The Labute approximate surface area is 676 Å². The lowest BCUT2D eigenvalue weighted by atomic mass is 9.87. The number of fused-ring (bicyclic) bond motifs is 9. The van der Waals surface area contributed by atoms with Crippen molar-refractivity contribution in [3.8, 4) is 0 Å². The van der Waals surface area contributed by atoms with E-state index in [0.717, 1.165) is 74.6 Å². The predicted octanol–water partition coefficient (Wildman–Crippen LogP) is 27.0. The van der Waals surface area contributed by atoms with Gasteiger partial charge in [0, 0.05) is 120 Å². The number of aliphatic imine (C=N–C) groups is 2. The number of rotatable bonds is 7. The minimum absolute atomic E-state index is 0. The summed E-state index contributed by atoms with van der Waals surface area (Å²) in [5.74, 6) is 3.63. The van der Waals surface area contributed by atoms with Gasteiger partial charge in [-0.15, -0.1) is 56.7 Å². The van der Waals surface area contributed by atoms with Crippen LogP contribution < -0.4 is 0 Å². The standard InChI is InChI=1S/C12H15N.C11H14N2.2C10H12N2.2C10H11NS.3C9H10N2S.CH4/c1-12(2,3)11-8-9-6-4-5-7-10(9)13-11;1-11(2,3)10-6-8-4-5-12-7-9(8)13-10;2*1-8(2)9-7-12-6-4-3-5-10(12)11-9;2*1-7(2)10-11-8-5-3-4-6-9(8)12-10;1-6(2)9-11-7-5-10-4-3-8(7)12-9;1-6(2)9-11-7-3-4-10-5-8(7)12-9;1-6(2)9-11-8-7(12-9)4-3-5-10-8;/h4-7H,8H2,1-3H3;4-5,7H,6H2,1-3H3;2*3-8H,1-2H3;2*3-7H,1-2H3;3*3-6H,1-2H3;1H4. The van der Waals surface area contributed by atoms with Crippen LogP contribution in [0.15, 0.2) is 218 Å². The average molecular weight is 1570 g/mol. The van der Waals surface area contributed by atoms with Gasteiger partial charge in [0.1, 0.15) is 11.3 Å². The van der Waals surface area contributed by atoms with Crippen LogP contribution in [0.3, 0.4) is 0 Å². The molecule has 3 aromatic carbocycles. The van der Waals surface area contributed by atoms with Crippen molar-refractivity contribution in [3.63, 3.8) is 0 Å². The summed E-state index contributed by atoms with van der Waals surface area (Å²) in [5, 5.41) is 6.02. The summed E-state index contributed by atoms with van der Waals surface area (Å²) in [5.41, 5.74) is 17.4. The summed E-state index contributed by atoms with van der Waals surface area (Å²) >= 11 is 8.81. The topological polar surface area (TPSA) is 175 Å². The lowest BCUT2D eigenvalue weighted by Gasteiger charge is -2.17. The van der Waals surface area contributed by atoms with Gasteiger partial charge in [0.15, 0.2) is 5.65 Å². The van der Waals surface area contributed by atoms with E-state index in [1.54, 1.807) is 69.1 Å². The Morgan fingerprint density at radius 2 is 0.712 bits per heavy atom. The van der Waals surface area contributed by atoms with E-state index < -0.39 is 0 Å². The average Bonchev–Trinajstić information content (AvgIpc) is 1.67. The van der Waals surface area contributed by atoms with Crippen LogP contribution >= 0.6 is 56.7 Å². The van der Waals surface area contributed by atoms with Gasteiger partial charge in [0.05, 0.1) is 106 Å². The quantitative estimate of drug-likeness (QED) is 0.148. The first-order chi connectivity index (χ1) is 52.5. The molecule has 16 aromatic rings. The highest BCUT2D eigenvalue weighted by Crippen LogP contribution is 2.35. The van der Waals surface area contributed by atoms with Crippen molar-refractivity contribution in [1.82, 2.24) is 63.6 Å². The zero-order valence-corrected chi connectivity index (χ0v) is 71.4. The molecule has 2 aliphatic rings. The second kappa shape index (κ2) is 39.6. The zero-order valence-electron chi connectivity index (χ0n) is 67.3. The molecule has 0 saturated heterocycles. The maximum absolute atomic E-state index is 4.64. The van der Waals surface area contributed by atoms with Gasteiger partial charge >= 0.3 is 0 Å². The third-order valence-electron chi connectivity index (χ3n) is 17.5. The molecule has 0 bridgehead atoms. The van der Waals surface area contributed by atoms with Crippen molar-refractivity contribution in [1.29, 1.82) is 0 Å². The number of imidazole rings is 2. The van der Waals surface area contributed by atoms with Gasteiger partial charge in [-0.2, -0.15) is 0 Å². The maximum Gasteiger partial charge on any atom is 0.170 e. The molecule has 0 amide bonds. The first kappa shape index (κ1) is 85.4. The van der Waals surface area contributed by atoms with Gasteiger partial charge in [0.2, 0.25) is 0 Å². The molecule has 0 N–H and O–H groups in total. The predicted molar refractivity (Wildman–Crippen MR) is 478 cm³/mol. The van der Waals surface area contributed by atoms with Gasteiger partial charge in [-0.05, 0) is 108 Å². The molecule has 0 spiro atoms. The Hall–Kier alpha value is -9.57. The van der Waals surface area contributed by atoms with Crippen molar-refractivity contribution >= 4 is 142 Å². The normalized spacial score (nSPS) is 12.1. The Morgan fingerprint density at radius 3 is 1.16 bits per heavy atom. The van der Waals surface area contributed by atoms with E-state index in [1.165, 1.54) is 71.1 Å². The monoisotopic (exact) mass is 1570 g/mol. The molecule has 578 valence electrons. The van der Waals surface area contributed by atoms with E-state index in [1.807, 2.05) is 116 Å². The lowest BCUT2D eigenvalue weighted by molar-refractivity contribution is 0.584. The second-order valence-electron chi connectivity index (χ2n) is 31.2. The molecule has 15 heterocycles. The third kappa shape index (κ3) is 24.0. The number of nitrogens with zero attached hydrogens (tertiary/aromatic N) is 15. The van der Waals surface area contributed by atoms with Gasteiger partial charge in [-0.25, -0.2) is 39.9 Å². The first-order valence-corrected chi connectivity index (χ1v) is 42.0. The molecule has 20 heteroatoms. The summed E-state index contributed by atoms with van der Waals surface area (Å²) in [6.45, 7) is 43.5. The summed E-state index contributed by atoms with van der Waals surface area (Å²) in [6, 6.07) is 47.1. The maximum atomic E-state index is 4.64. The highest BCUT2D eigenvalue weighted by molar-refractivity contribution is 7.20. The summed E-state index contributed by atoms with van der Waals surface area (Å²) in [7, 11) is 0. The van der Waals surface area contributed by atoms with E-state index in [4.69, 9.17) is 0 Å². The number of aromatic nitrogens is 13. The van der Waals surface area contributed by atoms with Crippen LogP contribution in [0.5, 0.6) is 0 Å². The van der Waals surface area contributed by atoms with Crippen molar-refractivity contribution in [2.45, 2.75) is 200 Å². The Morgan fingerprint density at radius 1 is 0.324 bits per heavy atom. The summed E-state index contributed by atoms with van der Waals surface area (Å²) < 4.78 is 10.3. The zero-order chi connectivity index (χ0) is 78.8. The summed E-state index contributed by atoms with van der Waals surface area (Å²) in [4.78, 5) is 56.9. The minimum atomic E-state index is 0. The molecule has 111 heavy (non-hydrogen) atoms. The molecule has 0 atom stereocenters. The Bertz CT molecular complexity index is 4580. The van der Waals surface area contributed by atoms with Gasteiger partial charge < -0.3 is 8.80 Å². The van der Waals surface area contributed by atoms with Crippen LogP contribution in [0.4, 0.5) is 11.4 Å². The highest BCUT2D eigenvalue weighted by atomic mass is 32.1. The summed E-state index contributed by atoms with van der Waals surface area (Å²) in [6.07, 6.45) is 23.0. The fourth-order valence-electron chi connectivity index (χ4n) is 10.9. The third-order valence-corrected chi connectivity index (χ3v) is 24.1. The largest absolute Gasteiger partial charge is 0.307 e. The van der Waals surface area contributed by atoms with E-state index in [-0.39, 0.29) is 18.3 Å². The molecule has 2 aliphatic heterocycles. The number of pyridine rings is 6. The SMILES string of the molecule is C.CC(C)(C)C1=Nc2ccccc2C1.CC(C)(C)C1=Nc2cnccc2C1.CC(C)c1cn2ccccc2n1.CC(C)c1cn2ccccc2n1.CC(C)c1nc2ccccc2s1.CC(C)c1nc2ccccc2s1.CC(C)c1nc2ccncc2s1.CC(C)c1nc2cnccc2s1.CC(C)c1nc2ncccc2s1. The molecule has 13 aromatic heterocycles. The Balaban J connectivity index is 0.000000143. The molecular formula is C91H109N15S5. The lowest BCUT2D eigenvalue weighted by Crippen LogP contribution is -2.19. The van der Waals surface area contributed by atoms with Crippen LogP contribution in [-0.4, -0.2) is 75.0 Å². The highest BCUT2D eigenvalue weighted by Gasteiger charge is 2.26. The van der Waals surface area contributed by atoms with E-state index in [2.05, 4.69) is 291 Å². The molecule has 0 fully saturated rings. The molecule has 15 nitrogen and oxygen atoms in total. The smallest absolute Gasteiger partial charge is 0.170 e. The van der Waals surface area contributed by atoms with Gasteiger partial charge in [0.25, 0.3) is 0 Å². The molecular weight excluding hydrogens is 1460 g/mol. The molecule has 0 radical (unpaired) electrons. The number of hydrogen-bond donors (Lipinski definition) is 0. The fourth-order valence-corrected chi connectivity index (χ4v) is 15.6. The second-order valence-corrected chi connectivity index (χ2v) is 36.5. The minimum Gasteiger partial charge on any atom is -0.307 e. The van der Waals surface area contributed by atoms with Crippen LogP contribution in [0.25, 0.3) is 62.5 Å².